The maximum Gasteiger partial charge on any atom is 0.276 e. The van der Waals surface area contributed by atoms with Crippen LogP contribution in [0.1, 0.15) is 10.5 Å². The van der Waals surface area contributed by atoms with Crippen molar-refractivity contribution in [1.29, 1.82) is 0 Å². The van der Waals surface area contributed by atoms with Gasteiger partial charge in [0.25, 0.3) is 5.91 Å². The standard InChI is InChI=1S/C19H14ClN5OS/c1-25-11-10-21-17(25)16-15(12-6-3-2-4-7-12)23-19(27-16)24-18(26)13-8-5-9-14(20)22-13/h2-11H,1H3,(H,23,24,26). The van der Waals surface area contributed by atoms with Crippen LogP contribution in [0.15, 0.2) is 60.9 Å². The van der Waals surface area contributed by atoms with E-state index < -0.39 is 0 Å². The molecule has 0 radical (unpaired) electrons. The number of halogens is 1. The molecule has 27 heavy (non-hydrogen) atoms. The number of hydrogen-bond donors (Lipinski definition) is 1. The Kier molecular flexibility index (Phi) is 4.70. The van der Waals surface area contributed by atoms with Crippen molar-refractivity contribution in [2.45, 2.75) is 0 Å². The molecule has 0 unspecified atom stereocenters. The van der Waals surface area contributed by atoms with Crippen molar-refractivity contribution < 1.29 is 4.79 Å². The number of amides is 1. The highest BCUT2D eigenvalue weighted by molar-refractivity contribution is 7.19. The van der Waals surface area contributed by atoms with E-state index in [1.54, 1.807) is 24.4 Å². The van der Waals surface area contributed by atoms with Crippen molar-refractivity contribution in [2.24, 2.45) is 7.05 Å². The predicted octanol–water partition coefficient (Wildman–Crippen LogP) is 4.51. The fraction of sp³-hybridized carbons (Fsp3) is 0.0526. The third-order valence-electron chi connectivity index (χ3n) is 3.87. The van der Waals surface area contributed by atoms with Gasteiger partial charge in [0.2, 0.25) is 0 Å². The van der Waals surface area contributed by atoms with Gasteiger partial charge in [-0.1, -0.05) is 59.3 Å². The number of imidazole rings is 1. The number of carbonyl (C=O) groups excluding carboxylic acids is 1. The number of hydrogen-bond acceptors (Lipinski definition) is 5. The zero-order chi connectivity index (χ0) is 18.8. The topological polar surface area (TPSA) is 72.7 Å². The second-order valence-electron chi connectivity index (χ2n) is 5.72. The molecule has 134 valence electrons. The Balaban J connectivity index is 1.73. The maximum absolute atomic E-state index is 12.5. The molecule has 8 heteroatoms. The van der Waals surface area contributed by atoms with Crippen molar-refractivity contribution in [1.82, 2.24) is 19.5 Å². The minimum Gasteiger partial charge on any atom is -0.333 e. The first-order valence-corrected chi connectivity index (χ1v) is 9.29. The quantitative estimate of drug-likeness (QED) is 0.516. The zero-order valence-corrected chi connectivity index (χ0v) is 15.8. The molecule has 6 nitrogen and oxygen atoms in total. The van der Waals surface area contributed by atoms with Gasteiger partial charge in [-0.3, -0.25) is 10.1 Å². The van der Waals surface area contributed by atoms with Gasteiger partial charge in [0.1, 0.15) is 10.8 Å². The molecule has 3 heterocycles. The number of nitrogens with one attached hydrogen (secondary N) is 1. The molecule has 0 fully saturated rings. The third-order valence-corrected chi connectivity index (χ3v) is 5.04. The Bertz CT molecular complexity index is 1110. The number of aryl methyl sites for hydroxylation is 1. The molecule has 0 aliphatic heterocycles. The van der Waals surface area contributed by atoms with Crippen molar-refractivity contribution >= 4 is 34.0 Å². The summed E-state index contributed by atoms with van der Waals surface area (Å²) in [5.41, 5.74) is 1.95. The van der Waals surface area contributed by atoms with Crippen LogP contribution in [-0.4, -0.2) is 25.4 Å². The molecule has 0 saturated heterocycles. The smallest absolute Gasteiger partial charge is 0.276 e. The molecule has 0 bridgehead atoms. The lowest BCUT2D eigenvalue weighted by molar-refractivity contribution is 0.102. The Morgan fingerprint density at radius 2 is 1.93 bits per heavy atom. The van der Waals surface area contributed by atoms with Gasteiger partial charge in [-0.25, -0.2) is 15.0 Å². The molecule has 0 spiro atoms. The van der Waals surface area contributed by atoms with Crippen molar-refractivity contribution in [3.8, 4) is 22.0 Å². The van der Waals surface area contributed by atoms with E-state index in [1.807, 2.05) is 48.1 Å². The second kappa shape index (κ2) is 7.30. The summed E-state index contributed by atoms with van der Waals surface area (Å²) in [6.45, 7) is 0. The van der Waals surface area contributed by atoms with Crippen LogP contribution in [0.4, 0.5) is 5.13 Å². The monoisotopic (exact) mass is 395 g/mol. The van der Waals surface area contributed by atoms with E-state index in [0.29, 0.717) is 5.13 Å². The first kappa shape index (κ1) is 17.4. The van der Waals surface area contributed by atoms with Gasteiger partial charge >= 0.3 is 0 Å². The summed E-state index contributed by atoms with van der Waals surface area (Å²) < 4.78 is 1.92. The highest BCUT2D eigenvalue weighted by Crippen LogP contribution is 2.38. The summed E-state index contributed by atoms with van der Waals surface area (Å²) in [5.74, 6) is 0.421. The number of carbonyl (C=O) groups is 1. The number of anilines is 1. The second-order valence-corrected chi connectivity index (χ2v) is 7.11. The average molecular weight is 396 g/mol. The highest BCUT2D eigenvalue weighted by Gasteiger charge is 2.19. The number of rotatable bonds is 4. The maximum atomic E-state index is 12.5. The van der Waals surface area contributed by atoms with E-state index in [9.17, 15) is 4.79 Å². The molecule has 0 atom stereocenters. The lowest BCUT2D eigenvalue weighted by atomic mass is 10.1. The van der Waals surface area contributed by atoms with Crippen LogP contribution < -0.4 is 5.32 Å². The van der Waals surface area contributed by atoms with E-state index in [-0.39, 0.29) is 16.8 Å². The number of benzene rings is 1. The van der Waals surface area contributed by atoms with E-state index >= 15 is 0 Å². The molecular formula is C19H14ClN5OS. The highest BCUT2D eigenvalue weighted by atomic mass is 35.5. The van der Waals surface area contributed by atoms with Gasteiger partial charge in [0.05, 0.1) is 10.6 Å². The van der Waals surface area contributed by atoms with Crippen molar-refractivity contribution in [3.63, 3.8) is 0 Å². The van der Waals surface area contributed by atoms with Crippen LogP contribution in [0.25, 0.3) is 22.0 Å². The molecule has 0 aliphatic carbocycles. The summed E-state index contributed by atoms with van der Waals surface area (Å²) >= 11 is 7.24. The fourth-order valence-electron chi connectivity index (χ4n) is 2.60. The first-order chi connectivity index (χ1) is 13.1. The van der Waals surface area contributed by atoms with Crippen molar-refractivity contribution in [3.05, 3.63) is 71.8 Å². The minimum atomic E-state index is -0.364. The largest absolute Gasteiger partial charge is 0.333 e. The number of nitrogens with zero attached hydrogens (tertiary/aromatic N) is 4. The summed E-state index contributed by atoms with van der Waals surface area (Å²) in [7, 11) is 1.92. The minimum absolute atomic E-state index is 0.234. The molecule has 4 aromatic rings. The molecule has 1 N–H and O–H groups in total. The Morgan fingerprint density at radius 1 is 1.11 bits per heavy atom. The van der Waals surface area contributed by atoms with E-state index in [4.69, 9.17) is 11.6 Å². The van der Waals surface area contributed by atoms with Crippen LogP contribution in [0.5, 0.6) is 0 Å². The summed E-state index contributed by atoms with van der Waals surface area (Å²) in [6.07, 6.45) is 3.61. The van der Waals surface area contributed by atoms with Crippen LogP contribution >= 0.6 is 22.9 Å². The normalized spacial score (nSPS) is 10.7. The van der Waals surface area contributed by atoms with Crippen LogP contribution in [0.2, 0.25) is 5.15 Å². The van der Waals surface area contributed by atoms with Gasteiger partial charge in [0.15, 0.2) is 11.0 Å². The molecule has 1 aromatic carbocycles. The van der Waals surface area contributed by atoms with E-state index in [1.165, 1.54) is 11.3 Å². The van der Waals surface area contributed by atoms with Gasteiger partial charge in [-0.2, -0.15) is 0 Å². The van der Waals surface area contributed by atoms with E-state index in [0.717, 1.165) is 22.0 Å². The molecule has 1 amide bonds. The summed E-state index contributed by atoms with van der Waals surface area (Å²) in [4.78, 5) is 26.5. The van der Waals surface area contributed by atoms with Crippen LogP contribution in [-0.2, 0) is 7.05 Å². The first-order valence-electron chi connectivity index (χ1n) is 8.09. The Morgan fingerprint density at radius 3 is 2.63 bits per heavy atom. The van der Waals surface area contributed by atoms with Gasteiger partial charge in [-0.15, -0.1) is 0 Å². The Hall–Kier alpha value is -3.03. The van der Waals surface area contributed by atoms with Crippen LogP contribution in [0.3, 0.4) is 0 Å². The molecule has 0 aliphatic rings. The SMILES string of the molecule is Cn1ccnc1-c1sc(NC(=O)c2cccc(Cl)n2)nc1-c1ccccc1. The average Bonchev–Trinajstić information content (AvgIpc) is 3.28. The lowest BCUT2D eigenvalue weighted by Gasteiger charge is -2.02. The van der Waals surface area contributed by atoms with Gasteiger partial charge in [0, 0.05) is 25.0 Å². The number of aromatic nitrogens is 4. The summed E-state index contributed by atoms with van der Waals surface area (Å²) in [6, 6.07) is 14.7. The molecular weight excluding hydrogens is 382 g/mol. The lowest BCUT2D eigenvalue weighted by Crippen LogP contribution is -2.13. The van der Waals surface area contributed by atoms with Gasteiger partial charge in [-0.05, 0) is 12.1 Å². The number of thiazole rings is 1. The third kappa shape index (κ3) is 3.60. The molecule has 3 aromatic heterocycles. The molecule has 0 saturated carbocycles. The number of pyridine rings is 1. The Labute approximate surface area is 164 Å². The fourth-order valence-corrected chi connectivity index (χ4v) is 3.78. The summed E-state index contributed by atoms with van der Waals surface area (Å²) in [5, 5.41) is 3.54. The zero-order valence-electron chi connectivity index (χ0n) is 14.3. The van der Waals surface area contributed by atoms with Crippen molar-refractivity contribution in [2.75, 3.05) is 5.32 Å². The van der Waals surface area contributed by atoms with Crippen LogP contribution in [0, 0.1) is 0 Å². The predicted molar refractivity (Wildman–Crippen MR) is 107 cm³/mol. The van der Waals surface area contributed by atoms with Gasteiger partial charge < -0.3 is 4.57 Å². The van der Waals surface area contributed by atoms with E-state index in [2.05, 4.69) is 20.3 Å². The molecule has 4 rings (SSSR count).